The highest BCUT2D eigenvalue weighted by Crippen LogP contribution is 2.28. The highest BCUT2D eigenvalue weighted by Gasteiger charge is 2.23. The minimum atomic E-state index is -0.219. The number of fused-ring (bicyclic) bond motifs is 2. The number of hydrogen-bond acceptors (Lipinski definition) is 5. The van der Waals surface area contributed by atoms with Gasteiger partial charge < -0.3 is 20.4 Å². The number of aromatic nitrogens is 3. The normalized spacial score (nSPS) is 11.4. The average Bonchev–Trinajstić information content (AvgIpc) is 3.05. The Kier molecular flexibility index (Phi) is 5.75. The Bertz CT molecular complexity index is 1230. The van der Waals surface area contributed by atoms with Crippen molar-refractivity contribution < 1.29 is 9.53 Å². The van der Waals surface area contributed by atoms with Crippen LogP contribution in [0.5, 0.6) is 5.75 Å². The van der Waals surface area contributed by atoms with Gasteiger partial charge in [0, 0.05) is 13.1 Å². The van der Waals surface area contributed by atoms with E-state index in [1.54, 1.807) is 7.11 Å². The maximum atomic E-state index is 13.0. The second-order valence-electron chi connectivity index (χ2n) is 8.00. The molecule has 2 aromatic heterocycles. The molecular weight excluding hydrogens is 390 g/mol. The van der Waals surface area contributed by atoms with Crippen molar-refractivity contribution in [2.45, 2.75) is 26.8 Å². The highest BCUT2D eigenvalue weighted by atomic mass is 16.5. The largest absolute Gasteiger partial charge is 0.497 e. The molecule has 0 spiro atoms. The van der Waals surface area contributed by atoms with Gasteiger partial charge >= 0.3 is 0 Å². The molecule has 0 aliphatic rings. The number of hydrogen-bond donors (Lipinski definition) is 2. The lowest BCUT2D eigenvalue weighted by Crippen LogP contribution is -2.28. The third kappa shape index (κ3) is 4.17. The Morgan fingerprint density at radius 2 is 1.77 bits per heavy atom. The van der Waals surface area contributed by atoms with E-state index < -0.39 is 0 Å². The van der Waals surface area contributed by atoms with Crippen LogP contribution in [0.4, 0.5) is 5.82 Å². The Labute approximate surface area is 181 Å². The molecule has 0 saturated carbocycles. The number of rotatable bonds is 7. The molecule has 0 aliphatic carbocycles. The smallest absolute Gasteiger partial charge is 0.257 e. The van der Waals surface area contributed by atoms with E-state index in [9.17, 15) is 4.79 Å². The van der Waals surface area contributed by atoms with E-state index in [1.807, 2.05) is 53.1 Å². The second-order valence-corrected chi connectivity index (χ2v) is 8.00. The minimum Gasteiger partial charge on any atom is -0.497 e. The van der Waals surface area contributed by atoms with Crippen LogP contribution < -0.4 is 15.8 Å². The van der Waals surface area contributed by atoms with E-state index >= 15 is 0 Å². The summed E-state index contributed by atoms with van der Waals surface area (Å²) in [5, 5.41) is 2.97. The number of carbonyl (C=O) groups excluding carboxylic acids is 1. The molecule has 160 valence electrons. The van der Waals surface area contributed by atoms with Gasteiger partial charge in [0.2, 0.25) is 0 Å². The van der Waals surface area contributed by atoms with Crippen LogP contribution in [-0.2, 0) is 13.0 Å². The third-order valence-electron chi connectivity index (χ3n) is 5.27. The van der Waals surface area contributed by atoms with Crippen molar-refractivity contribution in [2.75, 3.05) is 19.4 Å². The van der Waals surface area contributed by atoms with Gasteiger partial charge in [0.25, 0.3) is 5.91 Å². The van der Waals surface area contributed by atoms with Crippen molar-refractivity contribution in [3.05, 3.63) is 59.7 Å². The van der Waals surface area contributed by atoms with Crippen LogP contribution in [0.15, 0.2) is 48.5 Å². The van der Waals surface area contributed by atoms with Crippen LogP contribution in [0.25, 0.3) is 22.2 Å². The number of anilines is 1. The molecule has 0 fully saturated rings. The summed E-state index contributed by atoms with van der Waals surface area (Å²) in [6.45, 7) is 5.25. The molecule has 1 amide bonds. The van der Waals surface area contributed by atoms with Crippen LogP contribution in [0.1, 0.15) is 29.8 Å². The molecule has 4 aromatic rings. The molecule has 0 unspecified atom stereocenters. The summed E-state index contributed by atoms with van der Waals surface area (Å²) in [5.74, 6) is 1.32. The van der Waals surface area contributed by atoms with Gasteiger partial charge in [-0.3, -0.25) is 4.79 Å². The zero-order valence-corrected chi connectivity index (χ0v) is 18.1. The summed E-state index contributed by atoms with van der Waals surface area (Å²) < 4.78 is 7.12. The molecule has 4 rings (SSSR count). The Hall–Kier alpha value is -3.61. The lowest BCUT2D eigenvalue weighted by molar-refractivity contribution is 0.0951. The summed E-state index contributed by atoms with van der Waals surface area (Å²) in [5.41, 5.74) is 10.7. The molecule has 3 N–H and O–H groups in total. The van der Waals surface area contributed by atoms with E-state index in [0.29, 0.717) is 41.6 Å². The molecule has 0 radical (unpaired) electrons. The molecule has 2 heterocycles. The molecular formula is C24H27N5O2. The standard InChI is InChI=1S/C24H27N5O2/c1-15(2)14-26-24(30)20-21-23(28-19-7-5-4-6-18(19)27-21)29(22(20)25)13-12-16-8-10-17(31-3)11-9-16/h4-11,15H,12-14,25H2,1-3H3,(H,26,30). The highest BCUT2D eigenvalue weighted by molar-refractivity contribution is 6.10. The molecule has 0 aliphatic heterocycles. The van der Waals surface area contributed by atoms with Crippen molar-refractivity contribution in [1.82, 2.24) is 19.9 Å². The predicted molar refractivity (Wildman–Crippen MR) is 123 cm³/mol. The SMILES string of the molecule is COc1ccc(CCn2c(N)c(C(=O)NCC(C)C)c3nc4ccccc4nc32)cc1. The summed E-state index contributed by atoms with van der Waals surface area (Å²) in [7, 11) is 1.65. The molecule has 7 nitrogen and oxygen atoms in total. The van der Waals surface area contributed by atoms with Gasteiger partial charge in [-0.15, -0.1) is 0 Å². The maximum Gasteiger partial charge on any atom is 0.257 e. The molecule has 0 atom stereocenters. The molecule has 2 aromatic carbocycles. The molecule has 0 bridgehead atoms. The summed E-state index contributed by atoms with van der Waals surface area (Å²) in [4.78, 5) is 22.5. The number of methoxy groups -OCH3 is 1. The lowest BCUT2D eigenvalue weighted by atomic mass is 10.1. The van der Waals surface area contributed by atoms with Crippen LogP contribution in [0.3, 0.4) is 0 Å². The van der Waals surface area contributed by atoms with E-state index in [-0.39, 0.29) is 5.91 Å². The van der Waals surface area contributed by atoms with Crippen molar-refractivity contribution in [1.29, 1.82) is 0 Å². The van der Waals surface area contributed by atoms with Crippen LogP contribution >= 0.6 is 0 Å². The zero-order chi connectivity index (χ0) is 22.0. The van der Waals surface area contributed by atoms with Gasteiger partial charge in [0.15, 0.2) is 5.65 Å². The first-order valence-electron chi connectivity index (χ1n) is 10.4. The minimum absolute atomic E-state index is 0.219. The van der Waals surface area contributed by atoms with Gasteiger partial charge in [-0.25, -0.2) is 9.97 Å². The number of nitrogen functional groups attached to an aromatic ring is 1. The topological polar surface area (TPSA) is 95.1 Å². The molecule has 0 saturated heterocycles. The number of nitrogens with zero attached hydrogens (tertiary/aromatic N) is 3. The molecule has 31 heavy (non-hydrogen) atoms. The Morgan fingerprint density at radius 1 is 1.10 bits per heavy atom. The first-order valence-corrected chi connectivity index (χ1v) is 10.4. The third-order valence-corrected chi connectivity index (χ3v) is 5.27. The fourth-order valence-corrected chi connectivity index (χ4v) is 3.59. The van der Waals surface area contributed by atoms with Gasteiger partial charge in [-0.05, 0) is 42.2 Å². The Morgan fingerprint density at radius 3 is 2.42 bits per heavy atom. The number of para-hydroxylation sites is 2. The van der Waals surface area contributed by atoms with Crippen molar-refractivity contribution in [2.24, 2.45) is 5.92 Å². The quantitative estimate of drug-likeness (QED) is 0.477. The fourth-order valence-electron chi connectivity index (χ4n) is 3.59. The van der Waals surface area contributed by atoms with E-state index in [4.69, 9.17) is 20.4 Å². The van der Waals surface area contributed by atoms with Gasteiger partial charge in [-0.2, -0.15) is 0 Å². The van der Waals surface area contributed by atoms with Crippen molar-refractivity contribution >= 4 is 33.9 Å². The number of amides is 1. The van der Waals surface area contributed by atoms with Crippen molar-refractivity contribution in [3.63, 3.8) is 0 Å². The monoisotopic (exact) mass is 417 g/mol. The van der Waals surface area contributed by atoms with Gasteiger partial charge in [0.05, 0.1) is 18.1 Å². The van der Waals surface area contributed by atoms with Crippen molar-refractivity contribution in [3.8, 4) is 5.75 Å². The first-order chi connectivity index (χ1) is 15.0. The van der Waals surface area contributed by atoms with Crippen LogP contribution in [-0.4, -0.2) is 34.1 Å². The van der Waals surface area contributed by atoms with E-state index in [0.717, 1.165) is 28.8 Å². The first kappa shape index (κ1) is 20.7. The van der Waals surface area contributed by atoms with Crippen LogP contribution in [0, 0.1) is 5.92 Å². The van der Waals surface area contributed by atoms with Gasteiger partial charge in [-0.1, -0.05) is 38.1 Å². The van der Waals surface area contributed by atoms with Crippen LogP contribution in [0.2, 0.25) is 0 Å². The maximum absolute atomic E-state index is 13.0. The number of benzene rings is 2. The van der Waals surface area contributed by atoms with Gasteiger partial charge in [0.1, 0.15) is 22.6 Å². The summed E-state index contributed by atoms with van der Waals surface area (Å²) in [6, 6.07) is 15.6. The number of ether oxygens (including phenoxy) is 1. The predicted octanol–water partition coefficient (Wildman–Crippen LogP) is 3.80. The zero-order valence-electron chi connectivity index (χ0n) is 18.1. The molecule has 7 heteroatoms. The summed E-state index contributed by atoms with van der Waals surface area (Å²) >= 11 is 0. The Balaban J connectivity index is 1.76. The second kappa shape index (κ2) is 8.63. The van der Waals surface area contributed by atoms with E-state index in [1.165, 1.54) is 0 Å². The number of nitrogens with two attached hydrogens (primary N) is 1. The number of carbonyl (C=O) groups is 1. The number of nitrogens with one attached hydrogen (secondary N) is 1. The average molecular weight is 418 g/mol. The fraction of sp³-hybridized carbons (Fsp3) is 0.292. The lowest BCUT2D eigenvalue weighted by Gasteiger charge is -2.09. The summed E-state index contributed by atoms with van der Waals surface area (Å²) in [6.07, 6.45) is 0.736. The number of aryl methyl sites for hydroxylation is 2. The van der Waals surface area contributed by atoms with E-state index in [2.05, 4.69) is 19.2 Å².